The summed E-state index contributed by atoms with van der Waals surface area (Å²) in [4.78, 5) is 12.4. The standard InChI is InChI=1S/C22H24ClN3S.HI/c1-16-9-8-10-17(15-16)24-20-22(13-6-3-7-14-22)26(21(25-20)27-2)19-12-5-4-11-18(19)23;/h4-5,8-12,15H,3,6-7,13-14H2,1-2H3;1H. The van der Waals surface area contributed by atoms with Crippen LogP contribution < -0.4 is 4.90 Å². The molecule has 4 rings (SSSR count). The van der Waals surface area contributed by atoms with Crippen LogP contribution >= 0.6 is 47.3 Å². The van der Waals surface area contributed by atoms with E-state index in [2.05, 4.69) is 48.4 Å². The van der Waals surface area contributed by atoms with E-state index in [9.17, 15) is 0 Å². The highest BCUT2D eigenvalue weighted by atomic mass is 127. The van der Waals surface area contributed by atoms with Crippen molar-refractivity contribution in [3.63, 3.8) is 0 Å². The first-order chi connectivity index (χ1) is 13.1. The number of halogens is 2. The molecule has 0 unspecified atom stereocenters. The van der Waals surface area contributed by atoms with Gasteiger partial charge in [0.25, 0.3) is 0 Å². The van der Waals surface area contributed by atoms with E-state index < -0.39 is 0 Å². The second-order valence-electron chi connectivity index (χ2n) is 7.25. The van der Waals surface area contributed by atoms with Gasteiger partial charge in [-0.3, -0.25) is 0 Å². The highest BCUT2D eigenvalue weighted by Crippen LogP contribution is 2.46. The Morgan fingerprint density at radius 2 is 1.82 bits per heavy atom. The monoisotopic (exact) mass is 525 g/mol. The molecule has 2 aliphatic rings. The number of aryl methyl sites for hydroxylation is 1. The van der Waals surface area contributed by atoms with Crippen molar-refractivity contribution in [3.8, 4) is 0 Å². The van der Waals surface area contributed by atoms with Crippen LogP contribution in [0, 0.1) is 6.92 Å². The van der Waals surface area contributed by atoms with Crippen molar-refractivity contribution in [2.24, 2.45) is 9.98 Å². The molecule has 3 nitrogen and oxygen atoms in total. The highest BCUT2D eigenvalue weighted by Gasteiger charge is 2.50. The quantitative estimate of drug-likeness (QED) is 0.387. The molecule has 6 heteroatoms. The zero-order chi connectivity index (χ0) is 18.9. The number of amidine groups is 2. The summed E-state index contributed by atoms with van der Waals surface area (Å²) in [5, 5.41) is 1.75. The average molecular weight is 526 g/mol. The van der Waals surface area contributed by atoms with E-state index in [0.29, 0.717) is 0 Å². The Morgan fingerprint density at radius 3 is 2.50 bits per heavy atom. The van der Waals surface area contributed by atoms with Gasteiger partial charge in [-0.2, -0.15) is 0 Å². The molecule has 0 amide bonds. The summed E-state index contributed by atoms with van der Waals surface area (Å²) in [5.41, 5.74) is 3.01. The number of nitrogens with zero attached hydrogens (tertiary/aromatic N) is 3. The highest BCUT2D eigenvalue weighted by molar-refractivity contribution is 14.0. The van der Waals surface area contributed by atoms with Gasteiger partial charge in [0.05, 0.1) is 16.4 Å². The second kappa shape index (κ2) is 9.18. The number of hydrogen-bond acceptors (Lipinski definition) is 3. The molecule has 0 bridgehead atoms. The molecule has 1 heterocycles. The van der Waals surface area contributed by atoms with Gasteiger partial charge in [0.2, 0.25) is 0 Å². The van der Waals surface area contributed by atoms with Crippen LogP contribution in [0.1, 0.15) is 37.7 Å². The van der Waals surface area contributed by atoms with E-state index in [1.54, 1.807) is 11.8 Å². The number of para-hydroxylation sites is 1. The van der Waals surface area contributed by atoms with Crippen LogP contribution in [0.3, 0.4) is 0 Å². The van der Waals surface area contributed by atoms with E-state index in [4.69, 9.17) is 21.6 Å². The van der Waals surface area contributed by atoms with Crippen LogP contribution in [0.5, 0.6) is 0 Å². The third kappa shape index (κ3) is 3.98. The van der Waals surface area contributed by atoms with Gasteiger partial charge in [-0.25, -0.2) is 9.98 Å². The normalized spacial score (nSPS) is 19.6. The molecule has 0 saturated heterocycles. The van der Waals surface area contributed by atoms with Crippen LogP contribution in [0.15, 0.2) is 58.5 Å². The van der Waals surface area contributed by atoms with Crippen molar-refractivity contribution in [2.45, 2.75) is 44.6 Å². The summed E-state index contributed by atoms with van der Waals surface area (Å²) >= 11 is 8.28. The molecule has 0 aromatic heterocycles. The van der Waals surface area contributed by atoms with E-state index in [1.165, 1.54) is 24.8 Å². The van der Waals surface area contributed by atoms with Gasteiger partial charge < -0.3 is 4.90 Å². The topological polar surface area (TPSA) is 28.0 Å². The fraction of sp³-hybridized carbons (Fsp3) is 0.364. The molecule has 0 atom stereocenters. The number of thioether (sulfide) groups is 1. The fourth-order valence-corrected chi connectivity index (χ4v) is 5.02. The summed E-state index contributed by atoms with van der Waals surface area (Å²) in [6.07, 6.45) is 7.82. The molecule has 0 N–H and O–H groups in total. The Kier molecular flexibility index (Phi) is 7.10. The zero-order valence-electron chi connectivity index (χ0n) is 16.2. The van der Waals surface area contributed by atoms with Crippen LogP contribution in [0.25, 0.3) is 0 Å². The van der Waals surface area contributed by atoms with Gasteiger partial charge in [0.15, 0.2) is 11.0 Å². The third-order valence-corrected chi connectivity index (χ3v) is 6.39. The summed E-state index contributed by atoms with van der Waals surface area (Å²) in [6, 6.07) is 16.4. The van der Waals surface area contributed by atoms with Gasteiger partial charge in [-0.1, -0.05) is 66.9 Å². The molecule has 0 radical (unpaired) electrons. The minimum Gasteiger partial charge on any atom is -0.306 e. The SMILES string of the molecule is CSC1=NC(=Nc2cccc(C)c2)C2(CCCCC2)N1c1ccccc1Cl.I. The maximum absolute atomic E-state index is 6.61. The Bertz CT molecular complexity index is 906. The van der Waals surface area contributed by atoms with Crippen molar-refractivity contribution in [1.82, 2.24) is 0 Å². The van der Waals surface area contributed by atoms with Crippen LogP contribution in [0.2, 0.25) is 5.02 Å². The molecular formula is C22H25ClIN3S. The van der Waals surface area contributed by atoms with Crippen LogP contribution in [-0.2, 0) is 0 Å². The molecule has 1 aliphatic carbocycles. The van der Waals surface area contributed by atoms with Crippen molar-refractivity contribution >= 4 is 69.7 Å². The minimum atomic E-state index is -0.203. The lowest BCUT2D eigenvalue weighted by atomic mass is 9.79. The average Bonchev–Trinajstić information content (AvgIpc) is 2.95. The van der Waals surface area contributed by atoms with Gasteiger partial charge in [-0.15, -0.1) is 24.0 Å². The minimum absolute atomic E-state index is 0. The first-order valence-electron chi connectivity index (χ1n) is 9.47. The largest absolute Gasteiger partial charge is 0.306 e. The molecular weight excluding hydrogens is 501 g/mol. The Hall–Kier alpha value is -1.05. The molecule has 2 aromatic carbocycles. The first-order valence-corrected chi connectivity index (χ1v) is 11.1. The Labute approximate surface area is 193 Å². The first kappa shape index (κ1) is 21.7. The zero-order valence-corrected chi connectivity index (χ0v) is 20.1. The summed E-state index contributed by atoms with van der Waals surface area (Å²) in [6.45, 7) is 2.10. The lowest BCUT2D eigenvalue weighted by Gasteiger charge is -2.42. The smallest absolute Gasteiger partial charge is 0.171 e. The number of aliphatic imine (C=N–C) groups is 2. The number of anilines is 1. The molecule has 1 aliphatic heterocycles. The number of rotatable bonds is 2. The summed E-state index contributed by atoms with van der Waals surface area (Å²) < 4.78 is 0. The van der Waals surface area contributed by atoms with Crippen molar-refractivity contribution < 1.29 is 0 Å². The fourth-order valence-electron chi connectivity index (χ4n) is 4.16. The second-order valence-corrected chi connectivity index (χ2v) is 8.43. The summed E-state index contributed by atoms with van der Waals surface area (Å²) in [7, 11) is 0. The van der Waals surface area contributed by atoms with Gasteiger partial charge >= 0.3 is 0 Å². The predicted octanol–water partition coefficient (Wildman–Crippen LogP) is 7.24. The maximum Gasteiger partial charge on any atom is 0.171 e. The molecule has 148 valence electrons. The summed E-state index contributed by atoms with van der Waals surface area (Å²) in [5.74, 6) is 0.928. The Balaban J connectivity index is 0.00000225. The van der Waals surface area contributed by atoms with E-state index in [1.807, 2.05) is 18.2 Å². The Morgan fingerprint density at radius 1 is 1.07 bits per heavy atom. The van der Waals surface area contributed by atoms with Gasteiger partial charge in [0, 0.05) is 0 Å². The van der Waals surface area contributed by atoms with Crippen molar-refractivity contribution in [2.75, 3.05) is 11.2 Å². The van der Waals surface area contributed by atoms with Gasteiger partial charge in [0.1, 0.15) is 5.54 Å². The van der Waals surface area contributed by atoms with E-state index in [0.717, 1.165) is 40.2 Å². The van der Waals surface area contributed by atoms with Crippen molar-refractivity contribution in [1.29, 1.82) is 0 Å². The molecule has 1 spiro atoms. The maximum atomic E-state index is 6.61. The van der Waals surface area contributed by atoms with Crippen LogP contribution in [-0.4, -0.2) is 22.8 Å². The van der Waals surface area contributed by atoms with Gasteiger partial charge in [-0.05, 0) is 55.9 Å². The molecule has 28 heavy (non-hydrogen) atoms. The third-order valence-electron chi connectivity index (χ3n) is 5.43. The van der Waals surface area contributed by atoms with E-state index in [-0.39, 0.29) is 29.5 Å². The predicted molar refractivity (Wildman–Crippen MR) is 134 cm³/mol. The number of hydrogen-bond donors (Lipinski definition) is 0. The molecule has 1 fully saturated rings. The van der Waals surface area contributed by atoms with E-state index >= 15 is 0 Å². The lowest BCUT2D eigenvalue weighted by molar-refractivity contribution is 0.385. The molecule has 1 saturated carbocycles. The lowest BCUT2D eigenvalue weighted by Crippen LogP contribution is -2.52. The van der Waals surface area contributed by atoms with Crippen molar-refractivity contribution in [3.05, 3.63) is 59.1 Å². The molecule has 2 aromatic rings. The number of benzene rings is 2. The van der Waals surface area contributed by atoms with Crippen LogP contribution in [0.4, 0.5) is 11.4 Å².